The van der Waals surface area contributed by atoms with Crippen molar-refractivity contribution in [2.75, 3.05) is 13.1 Å². The molecule has 0 amide bonds. The molecule has 3 rings (SSSR count). The van der Waals surface area contributed by atoms with E-state index in [1.807, 2.05) is 13.0 Å². The molecule has 4 heteroatoms. The van der Waals surface area contributed by atoms with Crippen molar-refractivity contribution in [3.8, 4) is 5.75 Å². The van der Waals surface area contributed by atoms with E-state index in [9.17, 15) is 9.90 Å². The van der Waals surface area contributed by atoms with Gasteiger partial charge < -0.3 is 14.4 Å². The number of phenolic OH excluding ortho intramolecular Hbond substituents is 1. The van der Waals surface area contributed by atoms with Gasteiger partial charge in [-0.1, -0.05) is 0 Å². The van der Waals surface area contributed by atoms with Crippen LogP contribution in [0.5, 0.6) is 5.75 Å². The molecule has 1 aromatic heterocycles. The first kappa shape index (κ1) is 14.1. The van der Waals surface area contributed by atoms with Gasteiger partial charge in [-0.25, -0.2) is 4.79 Å². The molecule has 1 aliphatic heterocycles. The fourth-order valence-corrected chi connectivity index (χ4v) is 3.20. The number of piperidine rings is 1. The first-order valence-corrected chi connectivity index (χ1v) is 7.66. The zero-order valence-corrected chi connectivity index (χ0v) is 12.7. The minimum absolute atomic E-state index is 0.229. The third-order valence-corrected chi connectivity index (χ3v) is 4.69. The second-order valence-corrected chi connectivity index (χ2v) is 6.07. The molecule has 112 valence electrons. The van der Waals surface area contributed by atoms with E-state index < -0.39 is 0 Å². The summed E-state index contributed by atoms with van der Waals surface area (Å²) in [4.78, 5) is 13.4. The Labute approximate surface area is 124 Å². The second-order valence-electron chi connectivity index (χ2n) is 6.07. The van der Waals surface area contributed by atoms with Gasteiger partial charge in [0.2, 0.25) is 0 Å². The van der Waals surface area contributed by atoms with Crippen LogP contribution in [0.3, 0.4) is 0 Å². The van der Waals surface area contributed by atoms with Gasteiger partial charge in [-0.3, -0.25) is 0 Å². The van der Waals surface area contributed by atoms with Crippen LogP contribution in [0.2, 0.25) is 0 Å². The van der Waals surface area contributed by atoms with E-state index in [0.29, 0.717) is 17.7 Å². The molecule has 0 radical (unpaired) electrons. The average molecular weight is 288 g/mol. The standard InChI is InChI=1S/C17H21NO3/c1-11-12(2)17(20)21-16-13(11)6-7-15(19)14(16)10-18-8-4-3-5-9-18/h6-7,19H,3-5,8-10H2,1-2H3/p+1. The van der Waals surface area contributed by atoms with Crippen molar-refractivity contribution in [1.29, 1.82) is 0 Å². The Morgan fingerprint density at radius 3 is 2.57 bits per heavy atom. The number of nitrogens with one attached hydrogen (secondary N) is 1. The van der Waals surface area contributed by atoms with Crippen LogP contribution in [0, 0.1) is 13.8 Å². The van der Waals surface area contributed by atoms with Crippen molar-refractivity contribution in [3.63, 3.8) is 0 Å². The van der Waals surface area contributed by atoms with Gasteiger partial charge in [0.25, 0.3) is 0 Å². The minimum Gasteiger partial charge on any atom is -0.507 e. The summed E-state index contributed by atoms with van der Waals surface area (Å²) in [7, 11) is 0. The molecule has 0 bridgehead atoms. The van der Waals surface area contributed by atoms with E-state index in [1.165, 1.54) is 24.2 Å². The van der Waals surface area contributed by atoms with Gasteiger partial charge >= 0.3 is 5.63 Å². The molecule has 0 spiro atoms. The molecule has 0 saturated carbocycles. The third-order valence-electron chi connectivity index (χ3n) is 4.69. The van der Waals surface area contributed by atoms with Gasteiger partial charge in [-0.05, 0) is 50.8 Å². The van der Waals surface area contributed by atoms with Crippen LogP contribution in [-0.2, 0) is 6.54 Å². The van der Waals surface area contributed by atoms with Crippen LogP contribution in [-0.4, -0.2) is 18.2 Å². The quantitative estimate of drug-likeness (QED) is 0.827. The fraction of sp³-hybridized carbons (Fsp3) is 0.471. The highest BCUT2D eigenvalue weighted by atomic mass is 16.4. The molecule has 0 atom stereocenters. The number of quaternary nitrogens is 1. The maximum absolute atomic E-state index is 12.0. The van der Waals surface area contributed by atoms with Crippen LogP contribution < -0.4 is 10.5 Å². The Morgan fingerprint density at radius 2 is 1.86 bits per heavy atom. The Kier molecular flexibility index (Phi) is 3.72. The Hall–Kier alpha value is -1.81. The van der Waals surface area contributed by atoms with Gasteiger partial charge in [-0.15, -0.1) is 0 Å². The summed E-state index contributed by atoms with van der Waals surface area (Å²) in [6.07, 6.45) is 3.74. The first-order valence-electron chi connectivity index (χ1n) is 7.66. The van der Waals surface area contributed by atoms with Crippen molar-refractivity contribution in [1.82, 2.24) is 0 Å². The zero-order valence-electron chi connectivity index (χ0n) is 12.7. The summed E-state index contributed by atoms with van der Waals surface area (Å²) < 4.78 is 5.50. The average Bonchev–Trinajstić information content (AvgIpc) is 2.49. The Morgan fingerprint density at radius 1 is 1.14 bits per heavy atom. The number of benzene rings is 1. The van der Waals surface area contributed by atoms with Crippen LogP contribution >= 0.6 is 0 Å². The molecule has 21 heavy (non-hydrogen) atoms. The van der Waals surface area contributed by atoms with Gasteiger partial charge in [0, 0.05) is 10.9 Å². The molecule has 1 aliphatic rings. The maximum atomic E-state index is 12.0. The molecule has 2 aromatic rings. The highest BCUT2D eigenvalue weighted by molar-refractivity contribution is 5.85. The molecule has 1 aromatic carbocycles. The number of phenols is 1. The molecule has 0 aliphatic carbocycles. The smallest absolute Gasteiger partial charge is 0.339 e. The van der Waals surface area contributed by atoms with E-state index in [-0.39, 0.29) is 11.4 Å². The van der Waals surface area contributed by atoms with Crippen molar-refractivity contribution in [2.24, 2.45) is 0 Å². The molecule has 0 unspecified atom stereocenters. The van der Waals surface area contributed by atoms with Crippen LogP contribution in [0.25, 0.3) is 11.0 Å². The third kappa shape index (κ3) is 2.56. The van der Waals surface area contributed by atoms with E-state index in [2.05, 4.69) is 0 Å². The lowest BCUT2D eigenvalue weighted by Crippen LogP contribution is -3.11. The molecule has 1 saturated heterocycles. The van der Waals surface area contributed by atoms with Gasteiger partial charge in [-0.2, -0.15) is 0 Å². The summed E-state index contributed by atoms with van der Waals surface area (Å²) in [6, 6.07) is 3.55. The van der Waals surface area contributed by atoms with Gasteiger partial charge in [0.15, 0.2) is 5.58 Å². The molecule has 2 heterocycles. The van der Waals surface area contributed by atoms with Crippen molar-refractivity contribution in [3.05, 3.63) is 39.2 Å². The Balaban J connectivity index is 2.12. The first-order chi connectivity index (χ1) is 10.1. The molecule has 4 nitrogen and oxygen atoms in total. The lowest BCUT2D eigenvalue weighted by molar-refractivity contribution is -0.918. The lowest BCUT2D eigenvalue weighted by Gasteiger charge is -2.24. The highest BCUT2D eigenvalue weighted by Gasteiger charge is 2.20. The van der Waals surface area contributed by atoms with Crippen molar-refractivity contribution < 1.29 is 14.4 Å². The summed E-state index contributed by atoms with van der Waals surface area (Å²) in [5.41, 5.74) is 2.60. The lowest BCUT2D eigenvalue weighted by atomic mass is 10.0. The number of aromatic hydroxyl groups is 1. The van der Waals surface area contributed by atoms with Crippen molar-refractivity contribution >= 4 is 11.0 Å². The summed E-state index contributed by atoms with van der Waals surface area (Å²) in [6.45, 7) is 6.66. The fourth-order valence-electron chi connectivity index (χ4n) is 3.20. The summed E-state index contributed by atoms with van der Waals surface area (Å²) in [5, 5.41) is 11.1. The maximum Gasteiger partial charge on any atom is 0.339 e. The summed E-state index contributed by atoms with van der Waals surface area (Å²) in [5.74, 6) is 0.229. The molecular formula is C17H22NO3+. The SMILES string of the molecule is Cc1c(C)c2ccc(O)c(C[NH+]3CCCCC3)c2oc1=O. The number of aryl methyl sites for hydroxylation is 1. The topological polar surface area (TPSA) is 54.9 Å². The monoisotopic (exact) mass is 288 g/mol. The number of likely N-dealkylation sites (tertiary alicyclic amines) is 1. The Bertz CT molecular complexity index is 727. The zero-order chi connectivity index (χ0) is 15.0. The van der Waals surface area contributed by atoms with Crippen LogP contribution in [0.4, 0.5) is 0 Å². The molecular weight excluding hydrogens is 266 g/mol. The van der Waals surface area contributed by atoms with Crippen molar-refractivity contribution in [2.45, 2.75) is 39.7 Å². The van der Waals surface area contributed by atoms with Gasteiger partial charge in [0.1, 0.15) is 12.3 Å². The predicted molar refractivity (Wildman–Crippen MR) is 81.9 cm³/mol. The predicted octanol–water partition coefficient (Wildman–Crippen LogP) is 1.68. The largest absolute Gasteiger partial charge is 0.507 e. The molecule has 2 N–H and O–H groups in total. The molecule has 1 fully saturated rings. The van der Waals surface area contributed by atoms with Crippen LogP contribution in [0.15, 0.2) is 21.3 Å². The van der Waals surface area contributed by atoms with E-state index in [1.54, 1.807) is 13.0 Å². The highest BCUT2D eigenvalue weighted by Crippen LogP contribution is 2.28. The minimum atomic E-state index is -0.305. The van der Waals surface area contributed by atoms with E-state index in [0.717, 1.165) is 29.6 Å². The number of rotatable bonds is 2. The number of hydrogen-bond donors (Lipinski definition) is 2. The van der Waals surface area contributed by atoms with Crippen LogP contribution in [0.1, 0.15) is 36.0 Å². The normalized spacial score (nSPS) is 16.5. The summed E-state index contributed by atoms with van der Waals surface area (Å²) >= 11 is 0. The van der Waals surface area contributed by atoms with E-state index >= 15 is 0 Å². The number of hydrogen-bond acceptors (Lipinski definition) is 3. The number of fused-ring (bicyclic) bond motifs is 1. The van der Waals surface area contributed by atoms with Gasteiger partial charge in [0.05, 0.1) is 18.7 Å². The van der Waals surface area contributed by atoms with E-state index in [4.69, 9.17) is 4.42 Å². The second kappa shape index (κ2) is 5.53.